The van der Waals surface area contributed by atoms with Crippen LogP contribution < -0.4 is 9.04 Å². The van der Waals surface area contributed by atoms with Crippen molar-refractivity contribution in [1.29, 1.82) is 0 Å². The first-order chi connectivity index (χ1) is 12.9. The number of benzene rings is 2. The normalized spacial score (nSPS) is 11.2. The summed E-state index contributed by atoms with van der Waals surface area (Å²) in [6, 6.07) is 16.1. The maximum Gasteiger partial charge on any atom is 0.264 e. The number of rotatable bonds is 6. The lowest BCUT2D eigenvalue weighted by Gasteiger charge is -2.26. The summed E-state index contributed by atoms with van der Waals surface area (Å²) in [6.45, 7) is 3.93. The fourth-order valence-corrected chi connectivity index (χ4v) is 4.60. The molecular formula is C21H22N2O3S. The van der Waals surface area contributed by atoms with E-state index >= 15 is 0 Å². The van der Waals surface area contributed by atoms with E-state index in [4.69, 9.17) is 4.74 Å². The highest BCUT2D eigenvalue weighted by atomic mass is 32.2. The first-order valence-corrected chi connectivity index (χ1v) is 9.99. The molecule has 1 aromatic heterocycles. The Morgan fingerprint density at radius 3 is 2.52 bits per heavy atom. The van der Waals surface area contributed by atoms with Crippen LogP contribution in [0.3, 0.4) is 0 Å². The zero-order valence-corrected chi connectivity index (χ0v) is 16.4. The predicted octanol–water partition coefficient (Wildman–Crippen LogP) is 4.10. The topological polar surface area (TPSA) is 59.5 Å². The van der Waals surface area contributed by atoms with Crippen molar-refractivity contribution in [3.8, 4) is 5.75 Å². The van der Waals surface area contributed by atoms with Crippen molar-refractivity contribution in [2.75, 3.05) is 11.4 Å². The summed E-state index contributed by atoms with van der Waals surface area (Å²) in [4.78, 5) is 4.39. The van der Waals surface area contributed by atoms with E-state index in [-0.39, 0.29) is 6.54 Å². The Balaban J connectivity index is 2.13. The minimum Gasteiger partial charge on any atom is -0.497 e. The Hall–Kier alpha value is -2.86. The van der Waals surface area contributed by atoms with Gasteiger partial charge >= 0.3 is 0 Å². The molecule has 3 aromatic rings. The highest BCUT2D eigenvalue weighted by molar-refractivity contribution is 7.92. The van der Waals surface area contributed by atoms with Gasteiger partial charge in [-0.25, -0.2) is 8.42 Å². The number of pyridine rings is 1. The molecule has 2 aromatic carbocycles. The van der Waals surface area contributed by atoms with Gasteiger partial charge in [0.1, 0.15) is 5.75 Å². The average Bonchev–Trinajstić information content (AvgIpc) is 2.66. The Kier molecular flexibility index (Phi) is 5.46. The van der Waals surface area contributed by atoms with Crippen molar-refractivity contribution >= 4 is 15.7 Å². The lowest BCUT2D eigenvalue weighted by molar-refractivity contribution is 0.415. The zero-order chi connectivity index (χ0) is 19.4. The summed E-state index contributed by atoms with van der Waals surface area (Å²) in [6.07, 6.45) is 3.34. The molecular weight excluding hydrogens is 360 g/mol. The van der Waals surface area contributed by atoms with Crippen molar-refractivity contribution in [1.82, 2.24) is 4.98 Å². The lowest BCUT2D eigenvalue weighted by atomic mass is 10.2. The second kappa shape index (κ2) is 7.80. The molecule has 0 aliphatic heterocycles. The molecule has 0 saturated carbocycles. The molecule has 0 N–H and O–H groups in total. The Labute approximate surface area is 160 Å². The highest BCUT2D eigenvalue weighted by Crippen LogP contribution is 2.30. The third-order valence-electron chi connectivity index (χ3n) is 4.29. The van der Waals surface area contributed by atoms with Gasteiger partial charge in [-0.1, -0.05) is 29.8 Å². The van der Waals surface area contributed by atoms with Gasteiger partial charge in [0.15, 0.2) is 0 Å². The highest BCUT2D eigenvalue weighted by Gasteiger charge is 2.27. The predicted molar refractivity (Wildman–Crippen MR) is 107 cm³/mol. The van der Waals surface area contributed by atoms with Crippen molar-refractivity contribution in [3.63, 3.8) is 0 Å². The van der Waals surface area contributed by atoms with Gasteiger partial charge in [0.2, 0.25) is 0 Å². The zero-order valence-electron chi connectivity index (χ0n) is 15.6. The van der Waals surface area contributed by atoms with E-state index in [9.17, 15) is 8.42 Å². The molecule has 0 bridgehead atoms. The average molecular weight is 382 g/mol. The summed E-state index contributed by atoms with van der Waals surface area (Å²) in [5.74, 6) is 0.597. The molecule has 140 valence electrons. The summed E-state index contributed by atoms with van der Waals surface area (Å²) >= 11 is 0. The molecule has 0 atom stereocenters. The molecule has 0 fully saturated rings. The number of methoxy groups -OCH3 is 1. The molecule has 0 aliphatic rings. The van der Waals surface area contributed by atoms with E-state index in [2.05, 4.69) is 4.98 Å². The largest absolute Gasteiger partial charge is 0.497 e. The van der Waals surface area contributed by atoms with Gasteiger partial charge in [-0.05, 0) is 49.2 Å². The number of hydrogen-bond acceptors (Lipinski definition) is 4. The van der Waals surface area contributed by atoms with E-state index < -0.39 is 10.0 Å². The Morgan fingerprint density at radius 2 is 1.85 bits per heavy atom. The quantitative estimate of drug-likeness (QED) is 0.644. The summed E-state index contributed by atoms with van der Waals surface area (Å²) in [5, 5.41) is 0. The summed E-state index contributed by atoms with van der Waals surface area (Å²) < 4.78 is 33.7. The van der Waals surface area contributed by atoms with Crippen LogP contribution >= 0.6 is 0 Å². The molecule has 0 radical (unpaired) electrons. The van der Waals surface area contributed by atoms with E-state index in [0.717, 1.165) is 11.1 Å². The van der Waals surface area contributed by atoms with Crippen LogP contribution in [0.15, 0.2) is 71.9 Å². The Morgan fingerprint density at radius 1 is 1.04 bits per heavy atom. The van der Waals surface area contributed by atoms with E-state index in [1.165, 1.54) is 4.31 Å². The standard InChI is InChI=1S/C21H22N2O3S/c1-16-9-10-21(17(2)12-16)27(24,25)23(15-18-6-5-11-22-14-18)19-7-4-8-20(13-19)26-3/h4-14H,15H2,1-3H3. The molecule has 3 rings (SSSR count). The third kappa shape index (κ3) is 4.11. The van der Waals surface area contributed by atoms with Crippen LogP contribution in [0, 0.1) is 13.8 Å². The second-order valence-corrected chi connectivity index (χ2v) is 8.17. The fourth-order valence-electron chi connectivity index (χ4n) is 2.95. The van der Waals surface area contributed by atoms with Crippen LogP contribution in [-0.4, -0.2) is 20.5 Å². The number of nitrogens with zero attached hydrogens (tertiary/aromatic N) is 2. The van der Waals surface area contributed by atoms with Gasteiger partial charge in [-0.3, -0.25) is 9.29 Å². The number of ether oxygens (including phenoxy) is 1. The molecule has 0 spiro atoms. The van der Waals surface area contributed by atoms with E-state index in [0.29, 0.717) is 21.9 Å². The molecule has 0 unspecified atom stereocenters. The summed E-state index contributed by atoms with van der Waals surface area (Å²) in [5.41, 5.74) is 3.08. The number of aromatic nitrogens is 1. The van der Waals surface area contributed by atoms with Gasteiger partial charge in [-0.2, -0.15) is 0 Å². The molecule has 0 aliphatic carbocycles. The van der Waals surface area contributed by atoms with E-state index in [1.54, 1.807) is 55.9 Å². The Bertz CT molecular complexity index is 1030. The van der Waals surface area contributed by atoms with Crippen LogP contribution in [0.1, 0.15) is 16.7 Å². The molecule has 27 heavy (non-hydrogen) atoms. The van der Waals surface area contributed by atoms with Crippen LogP contribution in [-0.2, 0) is 16.6 Å². The summed E-state index contributed by atoms with van der Waals surface area (Å²) in [7, 11) is -2.22. The minimum atomic E-state index is -3.77. The molecule has 6 heteroatoms. The maximum absolute atomic E-state index is 13.5. The molecule has 0 saturated heterocycles. The van der Waals surface area contributed by atoms with Crippen LogP contribution in [0.2, 0.25) is 0 Å². The minimum absolute atomic E-state index is 0.177. The smallest absolute Gasteiger partial charge is 0.264 e. The number of hydrogen-bond donors (Lipinski definition) is 0. The van der Waals surface area contributed by atoms with Gasteiger partial charge in [0, 0.05) is 18.5 Å². The monoisotopic (exact) mass is 382 g/mol. The third-order valence-corrected chi connectivity index (χ3v) is 6.22. The molecule has 1 heterocycles. The van der Waals surface area contributed by atoms with Crippen LogP contribution in [0.25, 0.3) is 0 Å². The number of sulfonamides is 1. The van der Waals surface area contributed by atoms with Crippen molar-refractivity contribution in [2.24, 2.45) is 0 Å². The van der Waals surface area contributed by atoms with Crippen molar-refractivity contribution in [3.05, 3.63) is 83.7 Å². The van der Waals surface area contributed by atoms with Gasteiger partial charge in [0.05, 0.1) is 24.2 Å². The SMILES string of the molecule is COc1cccc(N(Cc2cccnc2)S(=O)(=O)c2ccc(C)cc2C)c1. The number of anilines is 1. The first-order valence-electron chi connectivity index (χ1n) is 8.55. The second-order valence-electron chi connectivity index (χ2n) is 6.34. The molecule has 0 amide bonds. The van der Waals surface area contributed by atoms with Gasteiger partial charge in [-0.15, -0.1) is 0 Å². The lowest BCUT2D eigenvalue weighted by Crippen LogP contribution is -2.31. The van der Waals surface area contributed by atoms with Gasteiger partial charge in [0.25, 0.3) is 10.0 Å². The fraction of sp³-hybridized carbons (Fsp3) is 0.190. The van der Waals surface area contributed by atoms with Crippen molar-refractivity contribution in [2.45, 2.75) is 25.3 Å². The first kappa shape index (κ1) is 18.9. The van der Waals surface area contributed by atoms with Gasteiger partial charge < -0.3 is 4.74 Å². The van der Waals surface area contributed by atoms with E-state index in [1.807, 2.05) is 32.0 Å². The molecule has 5 nitrogen and oxygen atoms in total. The maximum atomic E-state index is 13.5. The van der Waals surface area contributed by atoms with Crippen molar-refractivity contribution < 1.29 is 13.2 Å². The number of aryl methyl sites for hydroxylation is 2. The van der Waals surface area contributed by atoms with Crippen LogP contribution in [0.4, 0.5) is 5.69 Å². The van der Waals surface area contributed by atoms with Crippen LogP contribution in [0.5, 0.6) is 5.75 Å².